The monoisotopic (exact) mass is 311 g/mol. The lowest BCUT2D eigenvalue weighted by atomic mass is 10.0. The maximum atomic E-state index is 12.8. The Bertz CT molecular complexity index is 709. The van der Waals surface area contributed by atoms with Gasteiger partial charge in [-0.2, -0.15) is 0 Å². The van der Waals surface area contributed by atoms with Crippen LogP contribution in [0.25, 0.3) is 0 Å². The number of phenolic OH excluding ortho intramolecular Hbond substituents is 1. The number of rotatable bonds is 4. The standard InChI is InChI=1S/C19H21NO3/c1-3-10-20-16-12-15(21)8-9-17(16)23-18(19(20)22)11-14-6-4-13(2)5-7-14/h4-9,12,18,21H,3,10-11H2,1-2H3. The number of ether oxygens (including phenoxy) is 1. The zero-order chi connectivity index (χ0) is 16.4. The fourth-order valence-electron chi connectivity index (χ4n) is 2.83. The number of nitrogens with zero attached hydrogens (tertiary/aromatic N) is 1. The van der Waals surface area contributed by atoms with E-state index < -0.39 is 6.10 Å². The molecule has 2 aromatic rings. The highest BCUT2D eigenvalue weighted by atomic mass is 16.5. The second-order valence-electron chi connectivity index (χ2n) is 5.94. The molecule has 1 atom stereocenters. The van der Waals surface area contributed by atoms with Crippen LogP contribution in [0.3, 0.4) is 0 Å². The lowest BCUT2D eigenvalue weighted by Gasteiger charge is -2.34. The van der Waals surface area contributed by atoms with E-state index in [0.29, 0.717) is 24.4 Å². The number of fused-ring (bicyclic) bond motifs is 1. The van der Waals surface area contributed by atoms with Crippen LogP contribution < -0.4 is 9.64 Å². The largest absolute Gasteiger partial charge is 0.508 e. The van der Waals surface area contributed by atoms with Gasteiger partial charge in [0.05, 0.1) is 5.69 Å². The van der Waals surface area contributed by atoms with Crippen molar-refractivity contribution in [3.05, 3.63) is 53.6 Å². The highest BCUT2D eigenvalue weighted by Crippen LogP contribution is 2.37. The van der Waals surface area contributed by atoms with Crippen molar-refractivity contribution < 1.29 is 14.6 Å². The fourth-order valence-corrected chi connectivity index (χ4v) is 2.83. The molecule has 0 fully saturated rings. The SMILES string of the molecule is CCCN1C(=O)C(Cc2ccc(C)cc2)Oc2ccc(O)cc21. The molecule has 1 N–H and O–H groups in total. The number of carbonyl (C=O) groups excluding carboxylic acids is 1. The third-order valence-electron chi connectivity index (χ3n) is 4.03. The normalized spacial score (nSPS) is 16.9. The Hall–Kier alpha value is -2.49. The Balaban J connectivity index is 1.89. The summed E-state index contributed by atoms with van der Waals surface area (Å²) in [5.74, 6) is 0.733. The molecular formula is C19H21NO3. The molecule has 0 aliphatic carbocycles. The maximum Gasteiger partial charge on any atom is 0.268 e. The van der Waals surface area contributed by atoms with Gasteiger partial charge in [0.15, 0.2) is 6.10 Å². The van der Waals surface area contributed by atoms with E-state index in [2.05, 4.69) is 0 Å². The van der Waals surface area contributed by atoms with Crippen molar-refractivity contribution in [2.24, 2.45) is 0 Å². The van der Waals surface area contributed by atoms with Gasteiger partial charge in [0.25, 0.3) is 5.91 Å². The quantitative estimate of drug-likeness (QED) is 0.941. The summed E-state index contributed by atoms with van der Waals surface area (Å²) < 4.78 is 5.91. The second kappa shape index (κ2) is 6.32. The molecule has 0 aromatic heterocycles. The van der Waals surface area contributed by atoms with Crippen molar-refractivity contribution in [1.82, 2.24) is 0 Å². The average molecular weight is 311 g/mol. The molecule has 1 heterocycles. The summed E-state index contributed by atoms with van der Waals surface area (Å²) in [6, 6.07) is 13.0. The molecule has 23 heavy (non-hydrogen) atoms. The Morgan fingerprint density at radius 2 is 1.91 bits per heavy atom. The predicted molar refractivity (Wildman–Crippen MR) is 90.0 cm³/mol. The molecule has 0 bridgehead atoms. The molecule has 4 nitrogen and oxygen atoms in total. The molecule has 0 saturated carbocycles. The topological polar surface area (TPSA) is 49.8 Å². The molecule has 0 saturated heterocycles. The minimum Gasteiger partial charge on any atom is -0.508 e. The number of amides is 1. The number of carbonyl (C=O) groups is 1. The first-order chi connectivity index (χ1) is 11.1. The van der Waals surface area contributed by atoms with Crippen molar-refractivity contribution in [2.45, 2.75) is 32.8 Å². The minimum atomic E-state index is -0.527. The number of hydrogen-bond acceptors (Lipinski definition) is 3. The van der Waals surface area contributed by atoms with E-state index >= 15 is 0 Å². The van der Waals surface area contributed by atoms with Crippen LogP contribution in [-0.2, 0) is 11.2 Å². The molecule has 0 radical (unpaired) electrons. The van der Waals surface area contributed by atoms with Crippen LogP contribution in [0.2, 0.25) is 0 Å². The average Bonchev–Trinajstić information content (AvgIpc) is 2.54. The number of anilines is 1. The number of hydrogen-bond donors (Lipinski definition) is 1. The smallest absolute Gasteiger partial charge is 0.268 e. The van der Waals surface area contributed by atoms with E-state index in [4.69, 9.17) is 4.74 Å². The molecule has 1 aliphatic heterocycles. The number of benzene rings is 2. The summed E-state index contributed by atoms with van der Waals surface area (Å²) in [7, 11) is 0. The highest BCUT2D eigenvalue weighted by molar-refractivity contribution is 6.00. The van der Waals surface area contributed by atoms with E-state index in [-0.39, 0.29) is 11.7 Å². The fraction of sp³-hybridized carbons (Fsp3) is 0.316. The third kappa shape index (κ3) is 3.16. The van der Waals surface area contributed by atoms with E-state index in [1.807, 2.05) is 38.1 Å². The summed E-state index contributed by atoms with van der Waals surface area (Å²) in [6.07, 6.45) is 0.860. The first kappa shape index (κ1) is 15.4. The lowest BCUT2D eigenvalue weighted by Crippen LogP contribution is -2.47. The molecule has 120 valence electrons. The Labute approximate surface area is 136 Å². The maximum absolute atomic E-state index is 12.8. The van der Waals surface area contributed by atoms with Crippen LogP contribution in [0.4, 0.5) is 5.69 Å². The molecule has 1 amide bonds. The zero-order valence-corrected chi connectivity index (χ0v) is 13.5. The van der Waals surface area contributed by atoms with Gasteiger partial charge in [0.2, 0.25) is 0 Å². The van der Waals surface area contributed by atoms with Crippen LogP contribution >= 0.6 is 0 Å². The number of aryl methyl sites for hydroxylation is 1. The molecule has 3 rings (SSSR count). The summed E-state index contributed by atoms with van der Waals surface area (Å²) in [6.45, 7) is 4.68. The van der Waals surface area contributed by atoms with Gasteiger partial charge in [-0.05, 0) is 31.0 Å². The zero-order valence-electron chi connectivity index (χ0n) is 13.5. The minimum absolute atomic E-state index is 0.0504. The summed E-state index contributed by atoms with van der Waals surface area (Å²) >= 11 is 0. The molecule has 4 heteroatoms. The van der Waals surface area contributed by atoms with E-state index in [1.54, 1.807) is 23.1 Å². The van der Waals surface area contributed by atoms with Crippen LogP contribution in [0.15, 0.2) is 42.5 Å². The molecule has 1 unspecified atom stereocenters. The first-order valence-corrected chi connectivity index (χ1v) is 7.95. The van der Waals surface area contributed by atoms with Gasteiger partial charge in [-0.15, -0.1) is 0 Å². The van der Waals surface area contributed by atoms with Crippen molar-refractivity contribution >= 4 is 11.6 Å². The van der Waals surface area contributed by atoms with Crippen LogP contribution in [0.5, 0.6) is 11.5 Å². The lowest BCUT2D eigenvalue weighted by molar-refractivity contribution is -0.126. The number of phenols is 1. The van der Waals surface area contributed by atoms with Gasteiger partial charge in [0.1, 0.15) is 11.5 Å². The van der Waals surface area contributed by atoms with E-state index in [1.165, 1.54) is 5.56 Å². The molecule has 0 spiro atoms. The van der Waals surface area contributed by atoms with Crippen LogP contribution in [0, 0.1) is 6.92 Å². The second-order valence-corrected chi connectivity index (χ2v) is 5.94. The van der Waals surface area contributed by atoms with Gasteiger partial charge in [0, 0.05) is 19.0 Å². The summed E-state index contributed by atoms with van der Waals surface area (Å²) in [5, 5.41) is 9.69. The van der Waals surface area contributed by atoms with Gasteiger partial charge in [-0.3, -0.25) is 4.79 Å². The molecule has 1 aliphatic rings. The van der Waals surface area contributed by atoms with Crippen molar-refractivity contribution in [3.63, 3.8) is 0 Å². The molecule has 2 aromatic carbocycles. The van der Waals surface area contributed by atoms with Crippen molar-refractivity contribution in [2.75, 3.05) is 11.4 Å². The van der Waals surface area contributed by atoms with E-state index in [9.17, 15) is 9.90 Å². The van der Waals surface area contributed by atoms with Crippen LogP contribution in [-0.4, -0.2) is 23.7 Å². The summed E-state index contributed by atoms with van der Waals surface area (Å²) in [4.78, 5) is 14.5. The first-order valence-electron chi connectivity index (χ1n) is 7.95. The van der Waals surface area contributed by atoms with Gasteiger partial charge < -0.3 is 14.7 Å². The van der Waals surface area contributed by atoms with Gasteiger partial charge in [-0.1, -0.05) is 36.8 Å². The van der Waals surface area contributed by atoms with E-state index in [0.717, 1.165) is 12.0 Å². The van der Waals surface area contributed by atoms with Gasteiger partial charge >= 0.3 is 0 Å². The molecular weight excluding hydrogens is 290 g/mol. The van der Waals surface area contributed by atoms with Crippen LogP contribution in [0.1, 0.15) is 24.5 Å². The number of aromatic hydroxyl groups is 1. The van der Waals surface area contributed by atoms with Crippen molar-refractivity contribution in [3.8, 4) is 11.5 Å². The van der Waals surface area contributed by atoms with Crippen molar-refractivity contribution in [1.29, 1.82) is 0 Å². The third-order valence-corrected chi connectivity index (χ3v) is 4.03. The summed E-state index contributed by atoms with van der Waals surface area (Å²) in [5.41, 5.74) is 2.92. The Kier molecular flexibility index (Phi) is 4.24. The highest BCUT2D eigenvalue weighted by Gasteiger charge is 2.34. The Morgan fingerprint density at radius 3 is 2.61 bits per heavy atom. The Morgan fingerprint density at radius 1 is 1.17 bits per heavy atom. The predicted octanol–water partition coefficient (Wildman–Crippen LogP) is 3.45. The van der Waals surface area contributed by atoms with Gasteiger partial charge in [-0.25, -0.2) is 0 Å².